The molecule has 2 rings (SSSR count). The van der Waals surface area contributed by atoms with Gasteiger partial charge in [0.2, 0.25) is 15.9 Å². The van der Waals surface area contributed by atoms with Gasteiger partial charge in [-0.05, 0) is 31.5 Å². The van der Waals surface area contributed by atoms with Gasteiger partial charge in [-0.1, -0.05) is 13.8 Å². The fraction of sp³-hybridized carbons (Fsp3) is 0.533. The molecular formula is C15H22ClF2N3O3S. The number of sulfonamides is 1. The minimum absolute atomic E-state index is 0. The van der Waals surface area contributed by atoms with Crippen LogP contribution in [0, 0.1) is 23.5 Å². The number of rotatable bonds is 7. The van der Waals surface area contributed by atoms with Crippen molar-refractivity contribution in [3.8, 4) is 0 Å². The molecule has 1 aromatic rings. The van der Waals surface area contributed by atoms with Gasteiger partial charge < -0.3 is 10.6 Å². The monoisotopic (exact) mass is 397 g/mol. The average Bonchev–Trinajstić information content (AvgIpc) is 2.41. The van der Waals surface area contributed by atoms with Gasteiger partial charge in [0.05, 0.1) is 17.1 Å². The van der Waals surface area contributed by atoms with E-state index >= 15 is 0 Å². The Morgan fingerprint density at radius 1 is 1.28 bits per heavy atom. The summed E-state index contributed by atoms with van der Waals surface area (Å²) in [6.45, 7) is 4.82. The van der Waals surface area contributed by atoms with E-state index in [0.29, 0.717) is 25.6 Å². The van der Waals surface area contributed by atoms with Gasteiger partial charge in [0.1, 0.15) is 11.6 Å². The first-order valence-corrected chi connectivity index (χ1v) is 9.40. The molecule has 10 heteroatoms. The molecule has 1 saturated heterocycles. The van der Waals surface area contributed by atoms with Crippen molar-refractivity contribution in [2.24, 2.45) is 11.8 Å². The molecule has 0 spiro atoms. The van der Waals surface area contributed by atoms with Crippen molar-refractivity contribution in [1.29, 1.82) is 0 Å². The van der Waals surface area contributed by atoms with E-state index in [1.54, 1.807) is 13.8 Å². The number of carbonyl (C=O) groups is 1. The molecule has 0 aromatic heterocycles. The average molecular weight is 398 g/mol. The van der Waals surface area contributed by atoms with Crippen LogP contribution in [0.15, 0.2) is 12.1 Å². The highest BCUT2D eigenvalue weighted by Crippen LogP contribution is 2.26. The molecule has 3 N–H and O–H groups in total. The van der Waals surface area contributed by atoms with Gasteiger partial charge in [0.15, 0.2) is 0 Å². The number of halogens is 3. The zero-order chi connectivity index (χ0) is 17.9. The molecule has 142 valence electrons. The lowest BCUT2D eigenvalue weighted by Crippen LogP contribution is -2.48. The summed E-state index contributed by atoms with van der Waals surface area (Å²) in [6.07, 6.45) is 0.356. The lowest BCUT2D eigenvalue weighted by Gasteiger charge is -2.31. The second kappa shape index (κ2) is 8.77. The first kappa shape index (κ1) is 21.6. The summed E-state index contributed by atoms with van der Waals surface area (Å²) >= 11 is 0. The van der Waals surface area contributed by atoms with Crippen LogP contribution in [0.4, 0.5) is 20.2 Å². The fourth-order valence-electron chi connectivity index (χ4n) is 2.34. The van der Waals surface area contributed by atoms with E-state index in [4.69, 9.17) is 0 Å². The van der Waals surface area contributed by atoms with E-state index in [-0.39, 0.29) is 35.7 Å². The smallest absolute Gasteiger partial charge is 0.232 e. The summed E-state index contributed by atoms with van der Waals surface area (Å²) in [6, 6.07) is 1.51. The van der Waals surface area contributed by atoms with Crippen molar-refractivity contribution in [2.75, 3.05) is 28.9 Å². The Hall–Kier alpha value is -1.45. The molecular weight excluding hydrogens is 376 g/mol. The number of carbonyl (C=O) groups excluding carboxylic acids is 1. The lowest BCUT2D eigenvalue weighted by molar-refractivity contribution is -0.121. The van der Waals surface area contributed by atoms with Crippen LogP contribution >= 0.6 is 12.4 Å². The molecule has 0 bridgehead atoms. The fourth-order valence-corrected chi connectivity index (χ4v) is 3.47. The van der Waals surface area contributed by atoms with E-state index in [9.17, 15) is 22.0 Å². The predicted octanol–water partition coefficient (Wildman–Crippen LogP) is 2.33. The van der Waals surface area contributed by atoms with Crippen LogP contribution in [0.5, 0.6) is 0 Å². The molecule has 6 nitrogen and oxygen atoms in total. The van der Waals surface area contributed by atoms with Gasteiger partial charge >= 0.3 is 0 Å². The maximum absolute atomic E-state index is 13.9. The molecule has 0 saturated carbocycles. The van der Waals surface area contributed by atoms with Crippen molar-refractivity contribution in [3.63, 3.8) is 0 Å². The molecule has 1 atom stereocenters. The Morgan fingerprint density at radius 3 is 2.40 bits per heavy atom. The van der Waals surface area contributed by atoms with Gasteiger partial charge in [0, 0.05) is 12.0 Å². The standard InChI is InChI=1S/C15H21F2N3O3S.ClH/c1-3-4-24(22,23)20-14-6-13(11(16)5-12(14)17)19-15(21)9(2)10-7-18-8-10;/h5-6,9-10,18,20H,3-4,7-8H2,1-2H3,(H,19,21);1H. The van der Waals surface area contributed by atoms with Crippen molar-refractivity contribution >= 4 is 39.7 Å². The molecule has 1 heterocycles. The molecule has 0 radical (unpaired) electrons. The highest BCUT2D eigenvalue weighted by molar-refractivity contribution is 7.92. The number of nitrogens with one attached hydrogen (secondary N) is 3. The zero-order valence-electron chi connectivity index (χ0n) is 13.9. The van der Waals surface area contributed by atoms with Crippen molar-refractivity contribution in [2.45, 2.75) is 20.3 Å². The predicted molar refractivity (Wildman–Crippen MR) is 95.5 cm³/mol. The number of benzene rings is 1. The van der Waals surface area contributed by atoms with Crippen molar-refractivity contribution in [1.82, 2.24) is 5.32 Å². The normalized spacial score (nSPS) is 15.7. The largest absolute Gasteiger partial charge is 0.323 e. The van der Waals surface area contributed by atoms with E-state index < -0.39 is 33.3 Å². The second-order valence-corrected chi connectivity index (χ2v) is 7.77. The highest BCUT2D eigenvalue weighted by atomic mass is 35.5. The molecule has 1 aliphatic rings. The van der Waals surface area contributed by atoms with Crippen LogP contribution in [0.1, 0.15) is 20.3 Å². The maximum Gasteiger partial charge on any atom is 0.232 e. The number of hydrogen-bond donors (Lipinski definition) is 3. The molecule has 1 amide bonds. The summed E-state index contributed by atoms with van der Waals surface area (Å²) in [4.78, 5) is 12.1. The lowest BCUT2D eigenvalue weighted by atomic mass is 9.88. The van der Waals surface area contributed by atoms with E-state index in [1.807, 2.05) is 0 Å². The van der Waals surface area contributed by atoms with Crippen LogP contribution in [0.25, 0.3) is 0 Å². The van der Waals surface area contributed by atoms with Crippen LogP contribution in [0.2, 0.25) is 0 Å². The van der Waals surface area contributed by atoms with Crippen LogP contribution in [-0.4, -0.2) is 33.2 Å². The summed E-state index contributed by atoms with van der Waals surface area (Å²) in [5.74, 6) is -2.75. The molecule has 1 aliphatic heterocycles. The third kappa shape index (κ3) is 5.52. The van der Waals surface area contributed by atoms with Crippen LogP contribution in [0.3, 0.4) is 0 Å². The second-order valence-electron chi connectivity index (χ2n) is 5.93. The number of amides is 1. The molecule has 1 aromatic carbocycles. The van der Waals surface area contributed by atoms with Crippen molar-refractivity contribution < 1.29 is 22.0 Å². The zero-order valence-corrected chi connectivity index (χ0v) is 15.6. The quantitative estimate of drug-likeness (QED) is 0.659. The molecule has 1 unspecified atom stereocenters. The Morgan fingerprint density at radius 2 is 1.88 bits per heavy atom. The van der Waals surface area contributed by atoms with E-state index in [2.05, 4.69) is 15.4 Å². The maximum atomic E-state index is 13.9. The minimum Gasteiger partial charge on any atom is -0.323 e. The minimum atomic E-state index is -3.72. The summed E-state index contributed by atoms with van der Waals surface area (Å²) in [5.41, 5.74) is -0.646. The third-order valence-corrected chi connectivity index (χ3v) is 5.46. The Labute approximate surface area is 152 Å². The summed E-state index contributed by atoms with van der Waals surface area (Å²) < 4.78 is 53.3. The third-order valence-electron chi connectivity index (χ3n) is 3.99. The van der Waals surface area contributed by atoms with Gasteiger partial charge in [-0.3, -0.25) is 9.52 Å². The van der Waals surface area contributed by atoms with Gasteiger partial charge in [-0.25, -0.2) is 17.2 Å². The van der Waals surface area contributed by atoms with Gasteiger partial charge in [-0.15, -0.1) is 12.4 Å². The highest BCUT2D eigenvalue weighted by Gasteiger charge is 2.29. The van der Waals surface area contributed by atoms with Crippen molar-refractivity contribution in [3.05, 3.63) is 23.8 Å². The van der Waals surface area contributed by atoms with Crippen LogP contribution < -0.4 is 15.4 Å². The first-order valence-electron chi connectivity index (χ1n) is 7.74. The number of hydrogen-bond acceptors (Lipinski definition) is 4. The van der Waals surface area contributed by atoms with Crippen LogP contribution in [-0.2, 0) is 14.8 Å². The van der Waals surface area contributed by atoms with Gasteiger partial charge in [-0.2, -0.15) is 0 Å². The molecule has 1 fully saturated rings. The van der Waals surface area contributed by atoms with E-state index in [0.717, 1.165) is 6.07 Å². The van der Waals surface area contributed by atoms with Gasteiger partial charge in [0.25, 0.3) is 0 Å². The Kier molecular flexibility index (Phi) is 7.58. The molecule has 25 heavy (non-hydrogen) atoms. The Bertz CT molecular complexity index is 727. The SMILES string of the molecule is CCCS(=O)(=O)Nc1cc(NC(=O)C(C)C2CNC2)c(F)cc1F.Cl. The molecule has 0 aliphatic carbocycles. The summed E-state index contributed by atoms with van der Waals surface area (Å²) in [7, 11) is -3.72. The van der Waals surface area contributed by atoms with E-state index in [1.165, 1.54) is 0 Å². The first-order chi connectivity index (χ1) is 11.2. The summed E-state index contributed by atoms with van der Waals surface area (Å²) in [5, 5.41) is 5.45. The Balaban J connectivity index is 0.00000312. The topological polar surface area (TPSA) is 87.3 Å². The number of anilines is 2.